The molecule has 7 heteroatoms. The van der Waals surface area contributed by atoms with E-state index in [2.05, 4.69) is 5.32 Å². The number of furan rings is 1. The molecule has 3 rings (SSSR count). The van der Waals surface area contributed by atoms with Crippen LogP contribution in [0.5, 0.6) is 5.75 Å². The zero-order chi connectivity index (χ0) is 19.4. The molecule has 0 spiro atoms. The maximum absolute atomic E-state index is 12.9. The normalized spacial score (nSPS) is 11.8. The topological polar surface area (TPSA) is 77.8 Å². The average Bonchev–Trinajstić information content (AvgIpc) is 3.05. The van der Waals surface area contributed by atoms with Gasteiger partial charge in [0.05, 0.1) is 19.8 Å². The standard InChI is InChI=1S/C20H18FNO5/c1-12(20(24)22-15-5-3-14(21)4-6-15)27-19(23)9-13-11-26-18-10-16(25-2)7-8-17(13)18/h3-8,10-12H,9H2,1-2H3,(H,22,24)/t12-/m0/s1. The van der Waals surface area contributed by atoms with Gasteiger partial charge < -0.3 is 19.2 Å². The number of carbonyl (C=O) groups is 2. The maximum atomic E-state index is 12.9. The Hall–Kier alpha value is -3.35. The second kappa shape index (κ2) is 7.90. The Balaban J connectivity index is 1.60. The minimum atomic E-state index is -0.999. The van der Waals surface area contributed by atoms with Crippen LogP contribution >= 0.6 is 0 Å². The van der Waals surface area contributed by atoms with Gasteiger partial charge in [0.1, 0.15) is 17.1 Å². The molecule has 0 aliphatic heterocycles. The summed E-state index contributed by atoms with van der Waals surface area (Å²) in [6.45, 7) is 1.47. The lowest BCUT2D eigenvalue weighted by atomic mass is 10.1. The minimum Gasteiger partial charge on any atom is -0.497 e. The van der Waals surface area contributed by atoms with Crippen molar-refractivity contribution >= 4 is 28.5 Å². The van der Waals surface area contributed by atoms with E-state index >= 15 is 0 Å². The van der Waals surface area contributed by atoms with E-state index in [4.69, 9.17) is 13.9 Å². The molecular formula is C20H18FNO5. The molecule has 3 aromatic rings. The van der Waals surface area contributed by atoms with Crippen molar-refractivity contribution in [3.8, 4) is 5.75 Å². The molecule has 1 aromatic heterocycles. The summed E-state index contributed by atoms with van der Waals surface area (Å²) in [5, 5.41) is 3.33. The van der Waals surface area contributed by atoms with E-state index in [0.29, 0.717) is 22.6 Å². The van der Waals surface area contributed by atoms with Gasteiger partial charge in [0.25, 0.3) is 5.91 Å². The van der Waals surface area contributed by atoms with Crippen molar-refractivity contribution in [1.29, 1.82) is 0 Å². The molecule has 0 unspecified atom stereocenters. The number of anilines is 1. The SMILES string of the molecule is COc1ccc2c(CC(=O)O[C@@H](C)C(=O)Nc3ccc(F)cc3)coc2c1. The Kier molecular flexibility index (Phi) is 5.40. The van der Waals surface area contributed by atoms with E-state index in [1.54, 1.807) is 25.3 Å². The first kappa shape index (κ1) is 18.4. The molecule has 2 aromatic carbocycles. The fraction of sp³-hybridized carbons (Fsp3) is 0.200. The van der Waals surface area contributed by atoms with Crippen molar-refractivity contribution < 1.29 is 27.9 Å². The third-order valence-electron chi connectivity index (χ3n) is 3.99. The predicted molar refractivity (Wildman–Crippen MR) is 97.1 cm³/mol. The van der Waals surface area contributed by atoms with Gasteiger partial charge in [0.15, 0.2) is 6.10 Å². The zero-order valence-corrected chi connectivity index (χ0v) is 14.8. The van der Waals surface area contributed by atoms with Gasteiger partial charge in [0.2, 0.25) is 0 Å². The average molecular weight is 371 g/mol. The third-order valence-corrected chi connectivity index (χ3v) is 3.99. The molecular weight excluding hydrogens is 353 g/mol. The highest BCUT2D eigenvalue weighted by Gasteiger charge is 2.19. The lowest BCUT2D eigenvalue weighted by molar-refractivity contribution is -0.152. The van der Waals surface area contributed by atoms with Crippen LogP contribution in [0.3, 0.4) is 0 Å². The number of fused-ring (bicyclic) bond motifs is 1. The van der Waals surface area contributed by atoms with Crippen LogP contribution in [0.2, 0.25) is 0 Å². The van der Waals surface area contributed by atoms with Crippen molar-refractivity contribution in [3.63, 3.8) is 0 Å². The van der Waals surface area contributed by atoms with E-state index < -0.39 is 23.8 Å². The zero-order valence-electron chi connectivity index (χ0n) is 14.8. The molecule has 0 bridgehead atoms. The molecule has 0 aliphatic carbocycles. The summed E-state index contributed by atoms with van der Waals surface area (Å²) in [5.74, 6) is -0.818. The van der Waals surface area contributed by atoms with Crippen LogP contribution in [0, 0.1) is 5.82 Å². The van der Waals surface area contributed by atoms with Crippen molar-refractivity contribution in [2.24, 2.45) is 0 Å². The van der Waals surface area contributed by atoms with Gasteiger partial charge in [-0.15, -0.1) is 0 Å². The molecule has 1 atom stereocenters. The number of methoxy groups -OCH3 is 1. The molecule has 140 valence electrons. The lowest BCUT2D eigenvalue weighted by Gasteiger charge is -2.13. The molecule has 0 saturated carbocycles. The monoisotopic (exact) mass is 371 g/mol. The third kappa shape index (κ3) is 4.44. The Morgan fingerprint density at radius 2 is 1.93 bits per heavy atom. The van der Waals surface area contributed by atoms with Gasteiger partial charge in [-0.1, -0.05) is 0 Å². The number of hydrogen-bond donors (Lipinski definition) is 1. The summed E-state index contributed by atoms with van der Waals surface area (Å²) in [6.07, 6.45) is 0.447. The van der Waals surface area contributed by atoms with Gasteiger partial charge in [-0.3, -0.25) is 9.59 Å². The summed E-state index contributed by atoms with van der Waals surface area (Å²) < 4.78 is 28.6. The van der Waals surface area contributed by atoms with Crippen LogP contribution in [-0.2, 0) is 20.7 Å². The van der Waals surface area contributed by atoms with E-state index in [9.17, 15) is 14.0 Å². The lowest BCUT2D eigenvalue weighted by Crippen LogP contribution is -2.30. The van der Waals surface area contributed by atoms with Crippen LogP contribution in [0.4, 0.5) is 10.1 Å². The van der Waals surface area contributed by atoms with Gasteiger partial charge in [-0.2, -0.15) is 0 Å². The first-order valence-corrected chi connectivity index (χ1v) is 8.26. The largest absolute Gasteiger partial charge is 0.497 e. The van der Waals surface area contributed by atoms with Gasteiger partial charge >= 0.3 is 5.97 Å². The van der Waals surface area contributed by atoms with E-state index in [1.807, 2.05) is 0 Å². The number of nitrogens with one attached hydrogen (secondary N) is 1. The first-order valence-electron chi connectivity index (χ1n) is 8.26. The minimum absolute atomic E-state index is 0.0342. The van der Waals surface area contributed by atoms with Crippen LogP contribution in [0.1, 0.15) is 12.5 Å². The van der Waals surface area contributed by atoms with Gasteiger partial charge in [-0.05, 0) is 43.3 Å². The highest BCUT2D eigenvalue weighted by molar-refractivity contribution is 5.95. The van der Waals surface area contributed by atoms with Crippen LogP contribution in [-0.4, -0.2) is 25.1 Å². The Morgan fingerprint density at radius 1 is 1.19 bits per heavy atom. The van der Waals surface area contributed by atoms with Crippen molar-refractivity contribution in [2.45, 2.75) is 19.4 Å². The Bertz CT molecular complexity index is 964. The van der Waals surface area contributed by atoms with Crippen molar-refractivity contribution in [2.75, 3.05) is 12.4 Å². The number of amides is 1. The molecule has 0 aliphatic rings. The van der Waals surface area contributed by atoms with E-state index in [1.165, 1.54) is 37.5 Å². The number of benzene rings is 2. The highest BCUT2D eigenvalue weighted by Crippen LogP contribution is 2.26. The van der Waals surface area contributed by atoms with Gasteiger partial charge in [-0.25, -0.2) is 4.39 Å². The smallest absolute Gasteiger partial charge is 0.311 e. The quantitative estimate of drug-likeness (QED) is 0.669. The molecule has 0 saturated heterocycles. The Labute approximate surface area is 154 Å². The van der Waals surface area contributed by atoms with Crippen molar-refractivity contribution in [3.05, 3.63) is 60.1 Å². The maximum Gasteiger partial charge on any atom is 0.311 e. The summed E-state index contributed by atoms with van der Waals surface area (Å²) in [6, 6.07) is 10.6. The molecule has 1 N–H and O–H groups in total. The predicted octanol–water partition coefficient (Wildman–Crippen LogP) is 3.69. The van der Waals surface area contributed by atoms with Crippen LogP contribution in [0.15, 0.2) is 53.1 Å². The summed E-state index contributed by atoms with van der Waals surface area (Å²) in [7, 11) is 1.56. The molecule has 0 fully saturated rings. The van der Waals surface area contributed by atoms with Crippen LogP contribution in [0.25, 0.3) is 11.0 Å². The highest BCUT2D eigenvalue weighted by atomic mass is 19.1. The molecule has 1 heterocycles. The number of rotatable bonds is 6. The van der Waals surface area contributed by atoms with Gasteiger partial charge in [0, 0.05) is 22.7 Å². The first-order chi connectivity index (χ1) is 13.0. The molecule has 0 radical (unpaired) electrons. The van der Waals surface area contributed by atoms with E-state index in [-0.39, 0.29) is 6.42 Å². The number of carbonyl (C=O) groups excluding carboxylic acids is 2. The molecule has 6 nitrogen and oxygen atoms in total. The second-order valence-electron chi connectivity index (χ2n) is 5.93. The molecule has 27 heavy (non-hydrogen) atoms. The Morgan fingerprint density at radius 3 is 2.63 bits per heavy atom. The summed E-state index contributed by atoms with van der Waals surface area (Å²) in [5.41, 5.74) is 1.67. The van der Waals surface area contributed by atoms with Crippen molar-refractivity contribution in [1.82, 2.24) is 0 Å². The number of esters is 1. The molecule has 1 amide bonds. The number of halogens is 1. The fourth-order valence-electron chi connectivity index (χ4n) is 2.55. The number of ether oxygens (including phenoxy) is 2. The van der Waals surface area contributed by atoms with E-state index in [0.717, 1.165) is 5.39 Å². The number of hydrogen-bond acceptors (Lipinski definition) is 5. The summed E-state index contributed by atoms with van der Waals surface area (Å²) >= 11 is 0. The summed E-state index contributed by atoms with van der Waals surface area (Å²) in [4.78, 5) is 24.3. The fourth-order valence-corrected chi connectivity index (χ4v) is 2.55. The second-order valence-corrected chi connectivity index (χ2v) is 5.93. The van der Waals surface area contributed by atoms with Crippen LogP contribution < -0.4 is 10.1 Å².